The standard InChI is InChI=1S/C13H19ClFNO2/c1-17-8-6-16(7-9-18-2)13-5-3-4-12(15)11(13)10-14/h3-5H,6-10H2,1-2H3. The number of nitrogens with zero attached hydrogens (tertiary/aromatic N) is 1. The molecule has 0 atom stereocenters. The molecule has 1 rings (SSSR count). The lowest BCUT2D eigenvalue weighted by atomic mass is 10.1. The van der Waals surface area contributed by atoms with Gasteiger partial charge in [-0.25, -0.2) is 4.39 Å². The SMILES string of the molecule is COCCN(CCOC)c1cccc(F)c1CCl. The molecule has 0 fully saturated rings. The van der Waals surface area contributed by atoms with Crippen LogP contribution in [-0.4, -0.2) is 40.5 Å². The van der Waals surface area contributed by atoms with E-state index < -0.39 is 0 Å². The van der Waals surface area contributed by atoms with E-state index in [4.69, 9.17) is 21.1 Å². The Morgan fingerprint density at radius 2 is 1.78 bits per heavy atom. The van der Waals surface area contributed by atoms with Crippen LogP contribution in [-0.2, 0) is 15.4 Å². The molecule has 0 saturated carbocycles. The van der Waals surface area contributed by atoms with Crippen molar-refractivity contribution in [1.82, 2.24) is 0 Å². The Kier molecular flexibility index (Phi) is 7.01. The van der Waals surface area contributed by atoms with Crippen LogP contribution in [0.1, 0.15) is 5.56 Å². The predicted octanol–water partition coefficient (Wildman–Crippen LogP) is 2.66. The maximum Gasteiger partial charge on any atom is 0.129 e. The van der Waals surface area contributed by atoms with Crippen molar-refractivity contribution in [2.45, 2.75) is 5.88 Å². The average Bonchev–Trinajstić information content (AvgIpc) is 2.39. The minimum absolute atomic E-state index is 0.151. The fourth-order valence-corrected chi connectivity index (χ4v) is 2.00. The second kappa shape index (κ2) is 8.29. The summed E-state index contributed by atoms with van der Waals surface area (Å²) in [4.78, 5) is 2.02. The van der Waals surface area contributed by atoms with E-state index in [1.165, 1.54) is 6.07 Å². The molecule has 0 aromatic heterocycles. The van der Waals surface area contributed by atoms with E-state index in [1.807, 2.05) is 11.0 Å². The fourth-order valence-electron chi connectivity index (χ4n) is 1.73. The Morgan fingerprint density at radius 3 is 2.28 bits per heavy atom. The van der Waals surface area contributed by atoms with Crippen LogP contribution in [0.25, 0.3) is 0 Å². The summed E-state index contributed by atoms with van der Waals surface area (Å²) in [5, 5.41) is 0. The molecule has 5 heteroatoms. The van der Waals surface area contributed by atoms with Gasteiger partial charge in [-0.05, 0) is 12.1 Å². The first-order valence-electron chi connectivity index (χ1n) is 5.80. The molecule has 0 aliphatic heterocycles. The van der Waals surface area contributed by atoms with Gasteiger partial charge in [0.25, 0.3) is 0 Å². The van der Waals surface area contributed by atoms with Gasteiger partial charge in [-0.15, -0.1) is 11.6 Å². The lowest BCUT2D eigenvalue weighted by Gasteiger charge is -2.26. The molecule has 0 N–H and O–H groups in total. The molecule has 102 valence electrons. The maximum atomic E-state index is 13.7. The smallest absolute Gasteiger partial charge is 0.129 e. The number of halogens is 2. The van der Waals surface area contributed by atoms with E-state index in [0.29, 0.717) is 31.9 Å². The Morgan fingerprint density at radius 1 is 1.17 bits per heavy atom. The van der Waals surface area contributed by atoms with Gasteiger partial charge in [-0.1, -0.05) is 6.07 Å². The monoisotopic (exact) mass is 275 g/mol. The third kappa shape index (κ3) is 4.12. The summed E-state index contributed by atoms with van der Waals surface area (Å²) in [6, 6.07) is 4.98. The van der Waals surface area contributed by atoms with Gasteiger partial charge in [-0.3, -0.25) is 0 Å². The zero-order valence-corrected chi connectivity index (χ0v) is 11.5. The minimum Gasteiger partial charge on any atom is -0.383 e. The third-order valence-corrected chi connectivity index (χ3v) is 2.97. The highest BCUT2D eigenvalue weighted by Gasteiger charge is 2.13. The van der Waals surface area contributed by atoms with Crippen LogP contribution in [0.4, 0.5) is 10.1 Å². The number of hydrogen-bond acceptors (Lipinski definition) is 3. The summed E-state index contributed by atoms with van der Waals surface area (Å²) in [6.07, 6.45) is 0. The first-order chi connectivity index (χ1) is 8.74. The molecular formula is C13H19ClFNO2. The van der Waals surface area contributed by atoms with E-state index in [9.17, 15) is 4.39 Å². The molecule has 1 aromatic rings. The second-order valence-electron chi connectivity index (χ2n) is 3.84. The Bertz CT molecular complexity index is 355. The Labute approximate surface area is 112 Å². The molecule has 0 radical (unpaired) electrons. The molecule has 0 unspecified atom stereocenters. The van der Waals surface area contributed by atoms with Crippen molar-refractivity contribution in [3.63, 3.8) is 0 Å². The summed E-state index contributed by atoms with van der Waals surface area (Å²) in [7, 11) is 3.28. The highest BCUT2D eigenvalue weighted by molar-refractivity contribution is 6.17. The number of hydrogen-bond donors (Lipinski definition) is 0. The van der Waals surface area contributed by atoms with Crippen molar-refractivity contribution in [3.8, 4) is 0 Å². The van der Waals surface area contributed by atoms with E-state index in [2.05, 4.69) is 0 Å². The van der Waals surface area contributed by atoms with E-state index in [0.717, 1.165) is 5.69 Å². The average molecular weight is 276 g/mol. The third-order valence-electron chi connectivity index (χ3n) is 2.70. The highest BCUT2D eigenvalue weighted by atomic mass is 35.5. The minimum atomic E-state index is -0.276. The number of rotatable bonds is 8. The van der Waals surface area contributed by atoms with Gasteiger partial charge < -0.3 is 14.4 Å². The van der Waals surface area contributed by atoms with Crippen LogP contribution in [0, 0.1) is 5.82 Å². The van der Waals surface area contributed by atoms with Crippen molar-refractivity contribution in [2.24, 2.45) is 0 Å². The molecule has 0 aliphatic carbocycles. The number of methoxy groups -OCH3 is 2. The normalized spacial score (nSPS) is 10.7. The van der Waals surface area contributed by atoms with Gasteiger partial charge >= 0.3 is 0 Å². The van der Waals surface area contributed by atoms with E-state index >= 15 is 0 Å². The topological polar surface area (TPSA) is 21.7 Å². The highest BCUT2D eigenvalue weighted by Crippen LogP contribution is 2.24. The molecule has 0 spiro atoms. The van der Waals surface area contributed by atoms with Gasteiger partial charge in [0.15, 0.2) is 0 Å². The van der Waals surface area contributed by atoms with Crippen molar-refractivity contribution < 1.29 is 13.9 Å². The van der Waals surface area contributed by atoms with Crippen molar-refractivity contribution in [1.29, 1.82) is 0 Å². The van der Waals surface area contributed by atoms with Crippen LogP contribution in [0.2, 0.25) is 0 Å². The van der Waals surface area contributed by atoms with Crippen LogP contribution in [0.5, 0.6) is 0 Å². The maximum absolute atomic E-state index is 13.7. The molecule has 0 heterocycles. The number of alkyl halides is 1. The second-order valence-corrected chi connectivity index (χ2v) is 4.11. The summed E-state index contributed by atoms with van der Waals surface area (Å²) in [5.41, 5.74) is 1.32. The van der Waals surface area contributed by atoms with Crippen LogP contribution in [0.15, 0.2) is 18.2 Å². The molecule has 18 heavy (non-hydrogen) atoms. The van der Waals surface area contributed by atoms with Crippen molar-refractivity contribution in [2.75, 3.05) is 45.4 Å². The van der Waals surface area contributed by atoms with E-state index in [-0.39, 0.29) is 11.7 Å². The lowest BCUT2D eigenvalue weighted by Crippen LogP contribution is -2.31. The Balaban J connectivity index is 2.91. The molecular weight excluding hydrogens is 257 g/mol. The van der Waals surface area contributed by atoms with E-state index in [1.54, 1.807) is 20.3 Å². The summed E-state index contributed by atoms with van der Waals surface area (Å²) in [6.45, 7) is 2.49. The molecule has 0 aliphatic rings. The predicted molar refractivity (Wildman–Crippen MR) is 71.9 cm³/mol. The quantitative estimate of drug-likeness (QED) is 0.681. The molecule has 1 aromatic carbocycles. The van der Waals surface area contributed by atoms with Crippen molar-refractivity contribution in [3.05, 3.63) is 29.6 Å². The van der Waals surface area contributed by atoms with Crippen LogP contribution < -0.4 is 4.90 Å². The first kappa shape index (κ1) is 15.2. The molecule has 0 bridgehead atoms. The summed E-state index contributed by atoms with van der Waals surface area (Å²) < 4.78 is 23.8. The van der Waals surface area contributed by atoms with Gasteiger partial charge in [-0.2, -0.15) is 0 Å². The molecule has 0 amide bonds. The molecule has 0 saturated heterocycles. The zero-order valence-electron chi connectivity index (χ0n) is 10.8. The number of ether oxygens (including phenoxy) is 2. The molecule has 3 nitrogen and oxygen atoms in total. The zero-order chi connectivity index (χ0) is 13.4. The summed E-state index contributed by atoms with van der Waals surface area (Å²) in [5.74, 6) is -0.124. The van der Waals surface area contributed by atoms with Crippen LogP contribution >= 0.6 is 11.6 Å². The van der Waals surface area contributed by atoms with Crippen molar-refractivity contribution >= 4 is 17.3 Å². The van der Waals surface area contributed by atoms with Gasteiger partial charge in [0.05, 0.1) is 19.1 Å². The number of benzene rings is 1. The van der Waals surface area contributed by atoms with Gasteiger partial charge in [0.1, 0.15) is 5.82 Å². The first-order valence-corrected chi connectivity index (χ1v) is 6.34. The summed E-state index contributed by atoms with van der Waals surface area (Å²) >= 11 is 5.82. The van der Waals surface area contributed by atoms with Gasteiger partial charge in [0.2, 0.25) is 0 Å². The Hall–Kier alpha value is -0.840. The van der Waals surface area contributed by atoms with Crippen LogP contribution in [0.3, 0.4) is 0 Å². The number of anilines is 1. The fraction of sp³-hybridized carbons (Fsp3) is 0.538. The lowest BCUT2D eigenvalue weighted by molar-refractivity contribution is 0.190. The largest absolute Gasteiger partial charge is 0.383 e. The van der Waals surface area contributed by atoms with Gasteiger partial charge in [0, 0.05) is 38.6 Å².